The molecule has 2 aromatic rings. The van der Waals surface area contributed by atoms with Crippen LogP contribution in [0.5, 0.6) is 0 Å². The van der Waals surface area contributed by atoms with E-state index in [0.717, 1.165) is 23.5 Å². The summed E-state index contributed by atoms with van der Waals surface area (Å²) in [5, 5.41) is 0. The lowest BCUT2D eigenvalue weighted by Gasteiger charge is -2.31. The molecule has 0 saturated carbocycles. The van der Waals surface area contributed by atoms with Gasteiger partial charge >= 0.3 is 0 Å². The third kappa shape index (κ3) is 2.86. The Kier molecular flexibility index (Phi) is 4.03. The first-order valence-corrected chi connectivity index (χ1v) is 7.67. The average molecular weight is 272 g/mol. The Morgan fingerprint density at radius 3 is 3.05 bits per heavy atom. The third-order valence-electron chi connectivity index (χ3n) is 4.35. The Balaban J connectivity index is 1.74. The summed E-state index contributed by atoms with van der Waals surface area (Å²) < 4.78 is 2.11. The van der Waals surface area contributed by atoms with E-state index in [0.29, 0.717) is 6.54 Å². The van der Waals surface area contributed by atoms with Crippen LogP contribution in [-0.4, -0.2) is 33.9 Å². The first kappa shape index (κ1) is 13.6. The SMILES string of the molecule is CCN1CCCC(Cc2cn3cc(CN)ccc3n2)C1. The van der Waals surface area contributed by atoms with Crippen LogP contribution in [0.25, 0.3) is 5.65 Å². The Bertz CT molecular complexity index is 575. The Morgan fingerprint density at radius 2 is 2.25 bits per heavy atom. The minimum Gasteiger partial charge on any atom is -0.326 e. The van der Waals surface area contributed by atoms with Crippen molar-refractivity contribution in [2.24, 2.45) is 11.7 Å². The maximum atomic E-state index is 5.69. The number of piperidine rings is 1. The quantitative estimate of drug-likeness (QED) is 0.927. The summed E-state index contributed by atoms with van der Waals surface area (Å²) in [5.41, 5.74) is 9.08. The molecule has 1 saturated heterocycles. The lowest BCUT2D eigenvalue weighted by Crippen LogP contribution is -2.35. The Hall–Kier alpha value is -1.39. The predicted molar refractivity (Wildman–Crippen MR) is 81.6 cm³/mol. The van der Waals surface area contributed by atoms with Gasteiger partial charge in [-0.05, 0) is 49.9 Å². The lowest BCUT2D eigenvalue weighted by atomic mass is 9.94. The van der Waals surface area contributed by atoms with Gasteiger partial charge in [-0.1, -0.05) is 13.0 Å². The second kappa shape index (κ2) is 5.94. The lowest BCUT2D eigenvalue weighted by molar-refractivity contribution is 0.181. The number of pyridine rings is 1. The summed E-state index contributed by atoms with van der Waals surface area (Å²) in [4.78, 5) is 7.29. The molecule has 0 aromatic carbocycles. The van der Waals surface area contributed by atoms with E-state index in [9.17, 15) is 0 Å². The van der Waals surface area contributed by atoms with Crippen LogP contribution in [0.4, 0.5) is 0 Å². The van der Waals surface area contributed by atoms with Crippen molar-refractivity contribution in [1.82, 2.24) is 14.3 Å². The van der Waals surface area contributed by atoms with E-state index in [2.05, 4.69) is 40.8 Å². The molecule has 2 aromatic heterocycles. The van der Waals surface area contributed by atoms with Crippen LogP contribution < -0.4 is 5.73 Å². The minimum atomic E-state index is 0.581. The van der Waals surface area contributed by atoms with Crippen LogP contribution in [0.1, 0.15) is 31.0 Å². The van der Waals surface area contributed by atoms with Crippen molar-refractivity contribution < 1.29 is 0 Å². The summed E-state index contributed by atoms with van der Waals surface area (Å²) in [6.07, 6.45) is 8.00. The van der Waals surface area contributed by atoms with Gasteiger partial charge < -0.3 is 15.0 Å². The van der Waals surface area contributed by atoms with Gasteiger partial charge in [0, 0.05) is 25.5 Å². The van der Waals surface area contributed by atoms with Gasteiger partial charge in [0.1, 0.15) is 5.65 Å². The number of hydrogen-bond donors (Lipinski definition) is 1. The van der Waals surface area contributed by atoms with E-state index in [1.54, 1.807) is 0 Å². The number of aromatic nitrogens is 2. The van der Waals surface area contributed by atoms with Gasteiger partial charge in [-0.25, -0.2) is 4.98 Å². The molecule has 0 aliphatic carbocycles. The summed E-state index contributed by atoms with van der Waals surface area (Å²) in [5.74, 6) is 0.752. The highest BCUT2D eigenvalue weighted by Crippen LogP contribution is 2.20. The van der Waals surface area contributed by atoms with Crippen molar-refractivity contribution in [2.45, 2.75) is 32.7 Å². The zero-order valence-corrected chi connectivity index (χ0v) is 12.3. The second-order valence-corrected chi connectivity index (χ2v) is 5.84. The molecule has 3 rings (SSSR count). The van der Waals surface area contributed by atoms with Crippen molar-refractivity contribution >= 4 is 5.65 Å². The molecule has 108 valence electrons. The van der Waals surface area contributed by atoms with Crippen LogP contribution >= 0.6 is 0 Å². The number of hydrogen-bond acceptors (Lipinski definition) is 3. The molecule has 0 radical (unpaired) electrons. The fraction of sp³-hybridized carbons (Fsp3) is 0.562. The molecule has 4 heteroatoms. The van der Waals surface area contributed by atoms with Crippen LogP contribution in [0.2, 0.25) is 0 Å². The highest BCUT2D eigenvalue weighted by Gasteiger charge is 2.19. The molecule has 0 spiro atoms. The van der Waals surface area contributed by atoms with Crippen molar-refractivity contribution in [1.29, 1.82) is 0 Å². The fourth-order valence-electron chi connectivity index (χ4n) is 3.21. The molecule has 1 aliphatic heterocycles. The molecule has 4 nitrogen and oxygen atoms in total. The largest absolute Gasteiger partial charge is 0.326 e. The molecule has 1 fully saturated rings. The molecule has 1 atom stereocenters. The fourth-order valence-corrected chi connectivity index (χ4v) is 3.21. The first-order valence-electron chi connectivity index (χ1n) is 7.67. The summed E-state index contributed by atoms with van der Waals surface area (Å²) >= 11 is 0. The highest BCUT2D eigenvalue weighted by molar-refractivity contribution is 5.41. The number of likely N-dealkylation sites (tertiary alicyclic amines) is 1. The molecular weight excluding hydrogens is 248 g/mol. The maximum absolute atomic E-state index is 5.69. The molecule has 3 heterocycles. The standard InChI is InChI=1S/C16H24N4/c1-2-19-7-3-4-13(10-19)8-15-12-20-11-14(9-17)5-6-16(20)18-15/h5-6,11-13H,2-4,7-10,17H2,1H3. The normalized spacial score (nSPS) is 20.6. The van der Waals surface area contributed by atoms with Crippen molar-refractivity contribution in [3.05, 3.63) is 35.8 Å². The van der Waals surface area contributed by atoms with E-state index in [4.69, 9.17) is 10.7 Å². The summed E-state index contributed by atoms with van der Waals surface area (Å²) in [7, 11) is 0. The monoisotopic (exact) mass is 272 g/mol. The number of nitrogens with two attached hydrogens (primary N) is 1. The van der Waals surface area contributed by atoms with Crippen LogP contribution in [0.3, 0.4) is 0 Å². The van der Waals surface area contributed by atoms with Gasteiger partial charge in [-0.15, -0.1) is 0 Å². The van der Waals surface area contributed by atoms with E-state index < -0.39 is 0 Å². The van der Waals surface area contributed by atoms with Gasteiger partial charge in [0.15, 0.2) is 0 Å². The first-order chi connectivity index (χ1) is 9.78. The third-order valence-corrected chi connectivity index (χ3v) is 4.35. The average Bonchev–Trinajstić information content (AvgIpc) is 2.88. The van der Waals surface area contributed by atoms with E-state index in [1.165, 1.54) is 38.2 Å². The number of fused-ring (bicyclic) bond motifs is 1. The van der Waals surface area contributed by atoms with Crippen molar-refractivity contribution in [3.8, 4) is 0 Å². The zero-order valence-electron chi connectivity index (χ0n) is 12.3. The molecule has 20 heavy (non-hydrogen) atoms. The van der Waals surface area contributed by atoms with Gasteiger partial charge in [-0.2, -0.15) is 0 Å². The minimum absolute atomic E-state index is 0.581. The van der Waals surface area contributed by atoms with Gasteiger partial charge in [0.05, 0.1) is 5.69 Å². The van der Waals surface area contributed by atoms with Gasteiger partial charge in [-0.3, -0.25) is 0 Å². The van der Waals surface area contributed by atoms with E-state index in [-0.39, 0.29) is 0 Å². The number of rotatable bonds is 4. The van der Waals surface area contributed by atoms with Gasteiger partial charge in [0.25, 0.3) is 0 Å². The van der Waals surface area contributed by atoms with Gasteiger partial charge in [0.2, 0.25) is 0 Å². The van der Waals surface area contributed by atoms with Crippen molar-refractivity contribution in [3.63, 3.8) is 0 Å². The number of nitrogens with zero attached hydrogens (tertiary/aromatic N) is 3. The summed E-state index contributed by atoms with van der Waals surface area (Å²) in [6.45, 7) is 6.48. The van der Waals surface area contributed by atoms with Crippen LogP contribution in [0, 0.1) is 5.92 Å². The highest BCUT2D eigenvalue weighted by atomic mass is 15.1. The van der Waals surface area contributed by atoms with E-state index >= 15 is 0 Å². The van der Waals surface area contributed by atoms with Crippen LogP contribution in [-0.2, 0) is 13.0 Å². The second-order valence-electron chi connectivity index (χ2n) is 5.84. The van der Waals surface area contributed by atoms with Crippen molar-refractivity contribution in [2.75, 3.05) is 19.6 Å². The molecule has 0 bridgehead atoms. The Morgan fingerprint density at radius 1 is 1.35 bits per heavy atom. The van der Waals surface area contributed by atoms with E-state index in [1.807, 2.05) is 0 Å². The number of imidazole rings is 1. The van der Waals surface area contributed by atoms with Crippen LogP contribution in [0.15, 0.2) is 24.5 Å². The summed E-state index contributed by atoms with van der Waals surface area (Å²) in [6, 6.07) is 4.12. The predicted octanol–water partition coefficient (Wildman–Crippen LogP) is 2.07. The molecule has 1 unspecified atom stereocenters. The topological polar surface area (TPSA) is 46.6 Å². The molecule has 1 aliphatic rings. The smallest absolute Gasteiger partial charge is 0.136 e. The maximum Gasteiger partial charge on any atom is 0.136 e. The molecule has 0 amide bonds. The zero-order chi connectivity index (χ0) is 13.9. The Labute approximate surface area is 120 Å². The molecule has 2 N–H and O–H groups in total. The molecular formula is C16H24N4.